The van der Waals surface area contributed by atoms with Crippen LogP contribution in [0.1, 0.15) is 41.6 Å². The van der Waals surface area contributed by atoms with Gasteiger partial charge in [0.25, 0.3) is 5.91 Å². The normalized spacial score (nSPS) is 15.3. The second-order valence-electron chi connectivity index (χ2n) is 4.93. The summed E-state index contributed by atoms with van der Waals surface area (Å²) in [4.78, 5) is 12.3. The third-order valence-corrected chi connectivity index (χ3v) is 3.72. The molecular weight excluding hydrogens is 242 g/mol. The molecule has 0 bridgehead atoms. The highest BCUT2D eigenvalue weighted by Crippen LogP contribution is 2.31. The van der Waals surface area contributed by atoms with E-state index >= 15 is 0 Å². The maximum absolute atomic E-state index is 12.3. The molecule has 0 aromatic heterocycles. The molecule has 1 N–H and O–H groups in total. The number of amides is 1. The minimum Gasteiger partial charge on any atom is -0.496 e. The summed E-state index contributed by atoms with van der Waals surface area (Å²) >= 11 is 0. The second-order valence-corrected chi connectivity index (χ2v) is 4.93. The van der Waals surface area contributed by atoms with E-state index in [0.29, 0.717) is 17.4 Å². The smallest absolute Gasteiger partial charge is 0.255 e. The molecule has 1 amide bonds. The summed E-state index contributed by atoms with van der Waals surface area (Å²) in [6.07, 6.45) is 4.54. The van der Waals surface area contributed by atoms with Crippen LogP contribution in [0.15, 0.2) is 12.1 Å². The van der Waals surface area contributed by atoms with Gasteiger partial charge in [-0.2, -0.15) is 0 Å². The number of rotatable bonds is 4. The zero-order chi connectivity index (χ0) is 13.8. The third kappa shape index (κ3) is 2.83. The first kappa shape index (κ1) is 13.7. The first-order valence-corrected chi connectivity index (χ1v) is 6.69. The molecule has 4 heteroatoms. The van der Waals surface area contributed by atoms with Crippen molar-refractivity contribution in [2.75, 3.05) is 14.2 Å². The van der Waals surface area contributed by atoms with Crippen molar-refractivity contribution < 1.29 is 14.3 Å². The summed E-state index contributed by atoms with van der Waals surface area (Å²) in [6, 6.07) is 3.87. The Morgan fingerprint density at radius 1 is 1.21 bits per heavy atom. The molecule has 1 aliphatic rings. The second kappa shape index (κ2) is 5.95. The molecule has 0 atom stereocenters. The monoisotopic (exact) mass is 263 g/mol. The lowest BCUT2D eigenvalue weighted by molar-refractivity contribution is 0.0934. The number of benzene rings is 1. The van der Waals surface area contributed by atoms with Crippen LogP contribution in [0.2, 0.25) is 0 Å². The van der Waals surface area contributed by atoms with Crippen LogP contribution < -0.4 is 14.8 Å². The van der Waals surface area contributed by atoms with Gasteiger partial charge < -0.3 is 14.8 Å². The Morgan fingerprint density at radius 2 is 1.89 bits per heavy atom. The third-order valence-electron chi connectivity index (χ3n) is 3.72. The molecule has 0 unspecified atom stereocenters. The summed E-state index contributed by atoms with van der Waals surface area (Å²) in [5.74, 6) is 1.26. The summed E-state index contributed by atoms with van der Waals surface area (Å²) in [6.45, 7) is 1.89. The van der Waals surface area contributed by atoms with Crippen LogP contribution in [0.4, 0.5) is 0 Å². The van der Waals surface area contributed by atoms with E-state index in [4.69, 9.17) is 9.47 Å². The van der Waals surface area contributed by atoms with Crippen LogP contribution in [0.3, 0.4) is 0 Å². The molecule has 0 saturated heterocycles. The van der Waals surface area contributed by atoms with E-state index in [1.165, 1.54) is 12.8 Å². The first-order chi connectivity index (χ1) is 9.17. The molecule has 19 heavy (non-hydrogen) atoms. The Hall–Kier alpha value is -1.71. The van der Waals surface area contributed by atoms with Crippen molar-refractivity contribution in [1.82, 2.24) is 5.32 Å². The molecule has 104 valence electrons. The van der Waals surface area contributed by atoms with E-state index in [0.717, 1.165) is 24.2 Å². The van der Waals surface area contributed by atoms with E-state index in [-0.39, 0.29) is 5.91 Å². The molecule has 0 aliphatic heterocycles. The molecular formula is C15H21NO3. The maximum atomic E-state index is 12.3. The molecule has 4 nitrogen and oxygen atoms in total. The fourth-order valence-electron chi connectivity index (χ4n) is 2.67. The lowest BCUT2D eigenvalue weighted by atomic mass is 10.1. The molecule has 0 spiro atoms. The highest BCUT2D eigenvalue weighted by atomic mass is 16.5. The molecule has 1 fully saturated rings. The molecule has 1 aliphatic carbocycles. The van der Waals surface area contributed by atoms with Crippen LogP contribution in [-0.2, 0) is 0 Å². The number of hydrogen-bond acceptors (Lipinski definition) is 3. The SMILES string of the molecule is COc1ccc(C(=O)NC2CCCC2)c(OC)c1C. The van der Waals surface area contributed by atoms with Crippen LogP contribution in [-0.4, -0.2) is 26.2 Å². The van der Waals surface area contributed by atoms with Crippen molar-refractivity contribution in [3.63, 3.8) is 0 Å². The minimum atomic E-state index is -0.0606. The quantitative estimate of drug-likeness (QED) is 0.908. The predicted octanol–water partition coefficient (Wildman–Crippen LogP) is 2.68. The summed E-state index contributed by atoms with van der Waals surface area (Å²) in [7, 11) is 3.19. The zero-order valence-electron chi connectivity index (χ0n) is 11.8. The standard InChI is InChI=1S/C15H21NO3/c1-10-13(18-2)9-8-12(14(10)19-3)15(17)16-11-6-4-5-7-11/h8-9,11H,4-7H2,1-3H3,(H,16,17). The lowest BCUT2D eigenvalue weighted by Gasteiger charge is -2.16. The van der Waals surface area contributed by atoms with Gasteiger partial charge in [0, 0.05) is 11.6 Å². The van der Waals surface area contributed by atoms with Gasteiger partial charge in [-0.15, -0.1) is 0 Å². The van der Waals surface area contributed by atoms with E-state index in [9.17, 15) is 4.79 Å². The molecule has 1 aromatic rings. The maximum Gasteiger partial charge on any atom is 0.255 e. The van der Waals surface area contributed by atoms with Gasteiger partial charge in [-0.25, -0.2) is 0 Å². The largest absolute Gasteiger partial charge is 0.496 e. The van der Waals surface area contributed by atoms with E-state index < -0.39 is 0 Å². The fourth-order valence-corrected chi connectivity index (χ4v) is 2.67. The van der Waals surface area contributed by atoms with Gasteiger partial charge in [0.2, 0.25) is 0 Å². The molecule has 0 heterocycles. The average molecular weight is 263 g/mol. The molecule has 1 aromatic carbocycles. The number of hydrogen-bond donors (Lipinski definition) is 1. The van der Waals surface area contributed by atoms with E-state index in [2.05, 4.69) is 5.32 Å². The van der Waals surface area contributed by atoms with Crippen LogP contribution in [0.25, 0.3) is 0 Å². The average Bonchev–Trinajstić information content (AvgIpc) is 2.91. The number of methoxy groups -OCH3 is 2. The summed E-state index contributed by atoms with van der Waals surface area (Å²) in [5.41, 5.74) is 1.43. The topological polar surface area (TPSA) is 47.6 Å². The Kier molecular flexibility index (Phi) is 4.30. The number of carbonyl (C=O) groups excluding carboxylic acids is 1. The molecule has 2 rings (SSSR count). The van der Waals surface area contributed by atoms with Gasteiger partial charge in [0.15, 0.2) is 0 Å². The van der Waals surface area contributed by atoms with Crippen molar-refractivity contribution in [3.05, 3.63) is 23.3 Å². The van der Waals surface area contributed by atoms with Crippen LogP contribution >= 0.6 is 0 Å². The Balaban J connectivity index is 2.23. The number of carbonyl (C=O) groups is 1. The van der Waals surface area contributed by atoms with E-state index in [1.54, 1.807) is 26.4 Å². The van der Waals surface area contributed by atoms with E-state index in [1.807, 2.05) is 6.92 Å². The first-order valence-electron chi connectivity index (χ1n) is 6.69. The number of ether oxygens (including phenoxy) is 2. The number of nitrogens with one attached hydrogen (secondary N) is 1. The molecule has 0 radical (unpaired) electrons. The van der Waals surface area contributed by atoms with Gasteiger partial charge in [-0.05, 0) is 31.9 Å². The zero-order valence-corrected chi connectivity index (χ0v) is 11.8. The highest BCUT2D eigenvalue weighted by Gasteiger charge is 2.21. The van der Waals surface area contributed by atoms with Gasteiger partial charge in [0.05, 0.1) is 19.8 Å². The Labute approximate surface area is 114 Å². The Morgan fingerprint density at radius 3 is 2.47 bits per heavy atom. The highest BCUT2D eigenvalue weighted by molar-refractivity contribution is 5.97. The van der Waals surface area contributed by atoms with Crippen LogP contribution in [0.5, 0.6) is 11.5 Å². The van der Waals surface area contributed by atoms with Gasteiger partial charge in [-0.3, -0.25) is 4.79 Å². The van der Waals surface area contributed by atoms with Crippen molar-refractivity contribution in [3.8, 4) is 11.5 Å². The van der Waals surface area contributed by atoms with Gasteiger partial charge in [0.1, 0.15) is 11.5 Å². The predicted molar refractivity (Wildman–Crippen MR) is 74.0 cm³/mol. The fraction of sp³-hybridized carbons (Fsp3) is 0.533. The lowest BCUT2D eigenvalue weighted by Crippen LogP contribution is -2.32. The van der Waals surface area contributed by atoms with Gasteiger partial charge >= 0.3 is 0 Å². The van der Waals surface area contributed by atoms with Crippen molar-refractivity contribution in [2.24, 2.45) is 0 Å². The minimum absolute atomic E-state index is 0.0606. The molecule has 1 saturated carbocycles. The van der Waals surface area contributed by atoms with Crippen molar-refractivity contribution >= 4 is 5.91 Å². The van der Waals surface area contributed by atoms with Crippen LogP contribution in [0, 0.1) is 6.92 Å². The summed E-state index contributed by atoms with van der Waals surface area (Å²) < 4.78 is 10.6. The Bertz CT molecular complexity index is 465. The van der Waals surface area contributed by atoms with Crippen molar-refractivity contribution in [2.45, 2.75) is 38.6 Å². The van der Waals surface area contributed by atoms with Crippen molar-refractivity contribution in [1.29, 1.82) is 0 Å². The summed E-state index contributed by atoms with van der Waals surface area (Å²) in [5, 5.41) is 3.07. The van der Waals surface area contributed by atoms with Gasteiger partial charge in [-0.1, -0.05) is 12.8 Å².